The van der Waals surface area contributed by atoms with E-state index in [-0.39, 0.29) is 17.5 Å². The summed E-state index contributed by atoms with van der Waals surface area (Å²) in [7, 11) is 1.82. The SMILES string of the molecule is CN(C(=O)c1cc2ccccc2c(=O)[nH]1)C1CCCc2ccccc21. The van der Waals surface area contributed by atoms with E-state index in [0.29, 0.717) is 11.1 Å². The number of amides is 1. The van der Waals surface area contributed by atoms with Crippen molar-refractivity contribution in [1.82, 2.24) is 9.88 Å². The fourth-order valence-corrected chi connectivity index (χ4v) is 3.79. The third-order valence-corrected chi connectivity index (χ3v) is 5.11. The summed E-state index contributed by atoms with van der Waals surface area (Å²) in [5.41, 5.74) is 2.64. The van der Waals surface area contributed by atoms with Crippen molar-refractivity contribution in [3.63, 3.8) is 0 Å². The van der Waals surface area contributed by atoms with Gasteiger partial charge in [-0.15, -0.1) is 0 Å². The molecule has 4 rings (SSSR count). The van der Waals surface area contributed by atoms with Crippen LogP contribution in [0.2, 0.25) is 0 Å². The summed E-state index contributed by atoms with van der Waals surface area (Å²) in [5, 5.41) is 1.39. The van der Waals surface area contributed by atoms with Crippen molar-refractivity contribution in [2.24, 2.45) is 0 Å². The average Bonchev–Trinajstić information content (AvgIpc) is 2.66. The molecule has 0 radical (unpaired) electrons. The average molecular weight is 332 g/mol. The fraction of sp³-hybridized carbons (Fsp3) is 0.238. The number of carbonyl (C=O) groups excluding carboxylic acids is 1. The number of benzene rings is 2. The van der Waals surface area contributed by atoms with E-state index in [9.17, 15) is 9.59 Å². The number of pyridine rings is 1. The topological polar surface area (TPSA) is 53.2 Å². The maximum Gasteiger partial charge on any atom is 0.270 e. The molecule has 1 aliphatic rings. The highest BCUT2D eigenvalue weighted by atomic mass is 16.2. The summed E-state index contributed by atoms with van der Waals surface area (Å²) in [6, 6.07) is 17.4. The minimum absolute atomic E-state index is 0.0485. The van der Waals surface area contributed by atoms with Crippen LogP contribution < -0.4 is 5.56 Å². The molecule has 1 amide bonds. The maximum atomic E-state index is 13.0. The molecule has 1 atom stereocenters. The first-order valence-corrected chi connectivity index (χ1v) is 8.62. The Hall–Kier alpha value is -2.88. The maximum absolute atomic E-state index is 13.0. The number of rotatable bonds is 2. The van der Waals surface area contributed by atoms with E-state index < -0.39 is 0 Å². The van der Waals surface area contributed by atoms with Crippen LogP contribution in [0.15, 0.2) is 59.4 Å². The molecule has 1 aliphatic carbocycles. The molecular weight excluding hydrogens is 312 g/mol. The number of aromatic amines is 1. The number of nitrogens with one attached hydrogen (secondary N) is 1. The zero-order chi connectivity index (χ0) is 17.4. The molecule has 4 heteroatoms. The molecule has 0 fully saturated rings. The Labute approximate surface area is 146 Å². The molecule has 3 aromatic rings. The lowest BCUT2D eigenvalue weighted by Gasteiger charge is -2.33. The van der Waals surface area contributed by atoms with E-state index in [1.165, 1.54) is 11.1 Å². The van der Waals surface area contributed by atoms with Crippen LogP contribution in [-0.2, 0) is 6.42 Å². The van der Waals surface area contributed by atoms with Gasteiger partial charge in [-0.25, -0.2) is 0 Å². The summed E-state index contributed by atoms with van der Waals surface area (Å²) in [5.74, 6) is -0.149. The zero-order valence-electron chi connectivity index (χ0n) is 14.2. The summed E-state index contributed by atoms with van der Waals surface area (Å²) in [6.45, 7) is 0. The van der Waals surface area contributed by atoms with Gasteiger partial charge in [0.05, 0.1) is 6.04 Å². The number of fused-ring (bicyclic) bond motifs is 2. The van der Waals surface area contributed by atoms with Gasteiger partial charge in [-0.1, -0.05) is 42.5 Å². The second-order valence-corrected chi connectivity index (χ2v) is 6.62. The molecule has 0 saturated heterocycles. The van der Waals surface area contributed by atoms with Crippen LogP contribution >= 0.6 is 0 Å². The molecule has 4 nitrogen and oxygen atoms in total. The Balaban J connectivity index is 1.71. The zero-order valence-corrected chi connectivity index (χ0v) is 14.2. The minimum atomic E-state index is -0.223. The predicted molar refractivity (Wildman–Crippen MR) is 98.8 cm³/mol. The number of aryl methyl sites for hydroxylation is 1. The molecular formula is C21H20N2O2. The number of hydrogen-bond donors (Lipinski definition) is 1. The lowest BCUT2D eigenvalue weighted by atomic mass is 9.87. The van der Waals surface area contributed by atoms with Gasteiger partial charge in [0.15, 0.2) is 0 Å². The molecule has 1 N–H and O–H groups in total. The van der Waals surface area contributed by atoms with E-state index in [0.717, 1.165) is 24.6 Å². The van der Waals surface area contributed by atoms with E-state index in [1.54, 1.807) is 17.0 Å². The molecule has 0 aliphatic heterocycles. The molecule has 0 spiro atoms. The number of hydrogen-bond acceptors (Lipinski definition) is 2. The van der Waals surface area contributed by atoms with Crippen LogP contribution in [0.4, 0.5) is 0 Å². The lowest BCUT2D eigenvalue weighted by molar-refractivity contribution is 0.0709. The lowest BCUT2D eigenvalue weighted by Crippen LogP contribution is -2.34. The molecule has 1 unspecified atom stereocenters. The third-order valence-electron chi connectivity index (χ3n) is 5.11. The van der Waals surface area contributed by atoms with Gasteiger partial charge in [0, 0.05) is 12.4 Å². The third kappa shape index (κ3) is 2.74. The Morgan fingerprint density at radius 1 is 1.12 bits per heavy atom. The molecule has 0 saturated carbocycles. The first kappa shape index (κ1) is 15.6. The van der Waals surface area contributed by atoms with Crippen LogP contribution in [-0.4, -0.2) is 22.8 Å². The van der Waals surface area contributed by atoms with Gasteiger partial charge in [0.2, 0.25) is 0 Å². The molecule has 25 heavy (non-hydrogen) atoms. The Bertz CT molecular complexity index is 1010. The number of carbonyl (C=O) groups is 1. The number of nitrogens with zero attached hydrogens (tertiary/aromatic N) is 1. The Morgan fingerprint density at radius 3 is 2.76 bits per heavy atom. The normalized spacial score (nSPS) is 16.4. The highest BCUT2D eigenvalue weighted by Crippen LogP contribution is 2.34. The van der Waals surface area contributed by atoms with Crippen molar-refractivity contribution < 1.29 is 4.79 Å². The Morgan fingerprint density at radius 2 is 1.88 bits per heavy atom. The fourth-order valence-electron chi connectivity index (χ4n) is 3.79. The van der Waals surface area contributed by atoms with Crippen LogP contribution in [0.25, 0.3) is 10.8 Å². The van der Waals surface area contributed by atoms with E-state index >= 15 is 0 Å². The van der Waals surface area contributed by atoms with Gasteiger partial charge in [-0.3, -0.25) is 9.59 Å². The molecule has 0 bridgehead atoms. The van der Waals surface area contributed by atoms with E-state index in [4.69, 9.17) is 0 Å². The van der Waals surface area contributed by atoms with Gasteiger partial charge in [-0.05, 0) is 47.9 Å². The molecule has 1 aromatic heterocycles. The summed E-state index contributed by atoms with van der Waals surface area (Å²) < 4.78 is 0. The largest absolute Gasteiger partial charge is 0.333 e. The second kappa shape index (κ2) is 6.20. The van der Waals surface area contributed by atoms with Gasteiger partial charge in [0.1, 0.15) is 5.69 Å². The van der Waals surface area contributed by atoms with Crippen LogP contribution in [0.1, 0.15) is 40.5 Å². The summed E-state index contributed by atoms with van der Waals surface area (Å²) in [6.07, 6.45) is 3.06. The van der Waals surface area contributed by atoms with Crippen molar-refractivity contribution in [2.45, 2.75) is 25.3 Å². The number of H-pyrrole nitrogens is 1. The highest BCUT2D eigenvalue weighted by molar-refractivity contribution is 5.96. The van der Waals surface area contributed by atoms with E-state index in [2.05, 4.69) is 17.1 Å². The van der Waals surface area contributed by atoms with E-state index in [1.807, 2.05) is 37.4 Å². The molecule has 126 valence electrons. The van der Waals surface area contributed by atoms with Crippen LogP contribution in [0, 0.1) is 0 Å². The minimum Gasteiger partial charge on any atom is -0.333 e. The van der Waals surface area contributed by atoms with Gasteiger partial charge < -0.3 is 9.88 Å². The first-order valence-electron chi connectivity index (χ1n) is 8.62. The van der Waals surface area contributed by atoms with Gasteiger partial charge in [-0.2, -0.15) is 0 Å². The van der Waals surface area contributed by atoms with Crippen LogP contribution in [0.3, 0.4) is 0 Å². The first-order chi connectivity index (χ1) is 12.1. The molecule has 2 aromatic carbocycles. The molecule has 1 heterocycles. The van der Waals surface area contributed by atoms with Crippen molar-refractivity contribution in [3.8, 4) is 0 Å². The van der Waals surface area contributed by atoms with Crippen molar-refractivity contribution in [1.29, 1.82) is 0 Å². The quantitative estimate of drug-likeness (QED) is 0.778. The number of aromatic nitrogens is 1. The highest BCUT2D eigenvalue weighted by Gasteiger charge is 2.27. The van der Waals surface area contributed by atoms with Crippen molar-refractivity contribution in [2.75, 3.05) is 7.05 Å². The second-order valence-electron chi connectivity index (χ2n) is 6.62. The van der Waals surface area contributed by atoms with Crippen molar-refractivity contribution >= 4 is 16.7 Å². The predicted octanol–water partition coefficient (Wildman–Crippen LogP) is 3.68. The smallest absolute Gasteiger partial charge is 0.270 e. The van der Waals surface area contributed by atoms with Gasteiger partial charge in [0.25, 0.3) is 11.5 Å². The summed E-state index contributed by atoms with van der Waals surface area (Å²) >= 11 is 0. The monoisotopic (exact) mass is 332 g/mol. The van der Waals surface area contributed by atoms with Gasteiger partial charge >= 0.3 is 0 Å². The summed E-state index contributed by atoms with van der Waals surface area (Å²) in [4.78, 5) is 29.8. The standard InChI is InChI=1S/C21H20N2O2/c1-23(19-12-6-9-14-7-2-4-10-16(14)19)21(25)18-13-15-8-3-5-11-17(15)20(24)22-18/h2-5,7-8,10-11,13,19H,6,9,12H2,1H3,(H,22,24). The van der Waals surface area contributed by atoms with Crippen molar-refractivity contribution in [3.05, 3.63) is 81.8 Å². The Kier molecular flexibility index (Phi) is 3.88. The van der Waals surface area contributed by atoms with Crippen LogP contribution in [0.5, 0.6) is 0 Å².